The van der Waals surface area contributed by atoms with Crippen LogP contribution in [-0.2, 0) is 6.18 Å². The molecule has 2 atom stereocenters. The van der Waals surface area contributed by atoms with Gasteiger partial charge in [0.1, 0.15) is 5.65 Å². The maximum absolute atomic E-state index is 13.1. The van der Waals surface area contributed by atoms with E-state index < -0.39 is 29.1 Å². The van der Waals surface area contributed by atoms with Crippen LogP contribution in [0.3, 0.4) is 0 Å². The normalized spacial score (nSPS) is 22.2. The van der Waals surface area contributed by atoms with Gasteiger partial charge in [0.2, 0.25) is 0 Å². The number of alkyl halides is 4. The van der Waals surface area contributed by atoms with E-state index in [1.54, 1.807) is 0 Å². The topological polar surface area (TPSA) is 54.6 Å². The molecule has 20 heavy (non-hydrogen) atoms. The fourth-order valence-electron chi connectivity index (χ4n) is 2.14. The Morgan fingerprint density at radius 2 is 2.10 bits per heavy atom. The molecule has 4 nitrogen and oxygen atoms in total. The van der Waals surface area contributed by atoms with Crippen molar-refractivity contribution < 1.29 is 23.1 Å². The third-order valence-corrected chi connectivity index (χ3v) is 3.72. The zero-order valence-corrected chi connectivity index (χ0v) is 10.6. The van der Waals surface area contributed by atoms with Gasteiger partial charge in [-0.15, -0.1) is 11.6 Å². The molecular weight excluding hydrogens is 297 g/mol. The molecule has 2 aromatic rings. The van der Waals surface area contributed by atoms with Crippen LogP contribution in [0.1, 0.15) is 34.0 Å². The van der Waals surface area contributed by atoms with E-state index in [1.165, 1.54) is 6.20 Å². The number of hydrogen-bond acceptors (Lipinski definition) is 2. The van der Waals surface area contributed by atoms with Gasteiger partial charge in [-0.3, -0.25) is 0 Å². The molecule has 0 aromatic carbocycles. The lowest BCUT2D eigenvalue weighted by molar-refractivity contribution is -0.136. The molecule has 2 unspecified atom stereocenters. The van der Waals surface area contributed by atoms with Gasteiger partial charge in [0.05, 0.1) is 5.56 Å². The van der Waals surface area contributed by atoms with Crippen molar-refractivity contribution >= 4 is 23.2 Å². The second kappa shape index (κ2) is 4.12. The highest BCUT2D eigenvalue weighted by atomic mass is 35.5. The van der Waals surface area contributed by atoms with Crippen molar-refractivity contribution in [2.45, 2.75) is 23.9 Å². The summed E-state index contributed by atoms with van der Waals surface area (Å²) in [6, 6.07) is 1.00. The molecule has 1 aliphatic carbocycles. The van der Waals surface area contributed by atoms with E-state index in [-0.39, 0.29) is 11.3 Å². The van der Waals surface area contributed by atoms with Crippen molar-refractivity contribution in [3.63, 3.8) is 0 Å². The van der Waals surface area contributed by atoms with Crippen LogP contribution in [0.2, 0.25) is 0 Å². The second-order valence-electron chi connectivity index (χ2n) is 4.71. The summed E-state index contributed by atoms with van der Waals surface area (Å²) in [6.07, 6.45) is -1.46. The van der Waals surface area contributed by atoms with Crippen LogP contribution >= 0.6 is 11.6 Å². The van der Waals surface area contributed by atoms with Crippen molar-refractivity contribution in [2.75, 3.05) is 0 Å². The minimum atomic E-state index is -4.60. The van der Waals surface area contributed by atoms with Crippen LogP contribution in [0.5, 0.6) is 0 Å². The number of carbonyl (C=O) groups is 1. The van der Waals surface area contributed by atoms with Crippen LogP contribution in [0.4, 0.5) is 13.2 Å². The van der Waals surface area contributed by atoms with Crippen LogP contribution in [0, 0.1) is 0 Å². The first-order valence-corrected chi connectivity index (χ1v) is 6.18. The van der Waals surface area contributed by atoms with E-state index in [0.717, 1.165) is 16.7 Å². The Hall–Kier alpha value is -1.76. The zero-order chi connectivity index (χ0) is 14.7. The third kappa shape index (κ3) is 2.11. The Morgan fingerprint density at radius 3 is 2.60 bits per heavy atom. The summed E-state index contributed by atoms with van der Waals surface area (Å²) in [5, 5.41) is 8.66. The maximum Gasteiger partial charge on any atom is 0.419 e. The number of halogens is 4. The summed E-state index contributed by atoms with van der Waals surface area (Å²) in [5.41, 5.74) is -1.34. The molecule has 2 heterocycles. The number of carboxylic acids is 1. The Bertz CT molecular complexity index is 711. The minimum absolute atomic E-state index is 0.127. The fraction of sp³-hybridized carbons (Fsp3) is 0.333. The minimum Gasteiger partial charge on any atom is -0.476 e. The van der Waals surface area contributed by atoms with Gasteiger partial charge < -0.3 is 9.51 Å². The van der Waals surface area contributed by atoms with Gasteiger partial charge in [-0.05, 0) is 18.1 Å². The highest BCUT2D eigenvalue weighted by Gasteiger charge is 2.40. The number of aromatic nitrogens is 2. The van der Waals surface area contributed by atoms with E-state index >= 15 is 0 Å². The van der Waals surface area contributed by atoms with E-state index in [0.29, 0.717) is 12.0 Å². The summed E-state index contributed by atoms with van der Waals surface area (Å²) in [7, 11) is 0. The standard InChI is InChI=1S/C12H8ClF3N2O2/c13-8-2-6(8)5-1-7(12(14,15)16)10-17-9(11(19)20)4-18(10)3-5/h1,3-4,6,8H,2H2,(H,19,20). The van der Waals surface area contributed by atoms with E-state index in [2.05, 4.69) is 4.98 Å². The molecule has 0 spiro atoms. The lowest BCUT2D eigenvalue weighted by Gasteiger charge is -2.10. The number of nitrogens with zero attached hydrogens (tertiary/aromatic N) is 2. The van der Waals surface area contributed by atoms with Crippen molar-refractivity contribution in [2.24, 2.45) is 0 Å². The third-order valence-electron chi connectivity index (χ3n) is 3.24. The number of aromatic carboxylic acids is 1. The summed E-state index contributed by atoms with van der Waals surface area (Å²) in [5.74, 6) is -1.50. The van der Waals surface area contributed by atoms with Gasteiger partial charge in [-0.1, -0.05) is 0 Å². The van der Waals surface area contributed by atoms with Gasteiger partial charge in [0.15, 0.2) is 5.69 Å². The largest absolute Gasteiger partial charge is 0.476 e. The quantitative estimate of drug-likeness (QED) is 0.867. The van der Waals surface area contributed by atoms with Crippen LogP contribution in [0.25, 0.3) is 5.65 Å². The second-order valence-corrected chi connectivity index (χ2v) is 5.27. The number of rotatable bonds is 2. The average Bonchev–Trinajstić information content (AvgIpc) is 2.90. The first-order valence-electron chi connectivity index (χ1n) is 5.74. The number of carboxylic acid groups (broad SMARTS) is 1. The Morgan fingerprint density at radius 1 is 1.45 bits per heavy atom. The van der Waals surface area contributed by atoms with Crippen molar-refractivity contribution in [1.29, 1.82) is 0 Å². The van der Waals surface area contributed by atoms with Crippen LogP contribution in [0.15, 0.2) is 18.5 Å². The van der Waals surface area contributed by atoms with E-state index in [4.69, 9.17) is 16.7 Å². The molecule has 0 bridgehead atoms. The molecule has 8 heteroatoms. The predicted molar refractivity (Wildman–Crippen MR) is 64.2 cm³/mol. The smallest absolute Gasteiger partial charge is 0.419 e. The van der Waals surface area contributed by atoms with Gasteiger partial charge in [-0.2, -0.15) is 13.2 Å². The molecule has 0 amide bonds. The molecule has 1 N–H and O–H groups in total. The van der Waals surface area contributed by atoms with Gasteiger partial charge >= 0.3 is 12.1 Å². The van der Waals surface area contributed by atoms with E-state index in [9.17, 15) is 18.0 Å². The van der Waals surface area contributed by atoms with Gasteiger partial charge in [-0.25, -0.2) is 9.78 Å². The summed E-state index contributed by atoms with van der Waals surface area (Å²) in [6.45, 7) is 0. The zero-order valence-electron chi connectivity index (χ0n) is 9.86. The molecule has 0 radical (unpaired) electrons. The fourth-order valence-corrected chi connectivity index (χ4v) is 2.48. The number of fused-ring (bicyclic) bond motifs is 1. The molecule has 106 valence electrons. The molecule has 1 fully saturated rings. The number of hydrogen-bond donors (Lipinski definition) is 1. The monoisotopic (exact) mass is 304 g/mol. The molecule has 0 aliphatic heterocycles. The van der Waals surface area contributed by atoms with Crippen molar-refractivity contribution in [3.8, 4) is 0 Å². The number of imidazole rings is 1. The highest BCUT2D eigenvalue weighted by Crippen LogP contribution is 2.46. The summed E-state index contributed by atoms with van der Waals surface area (Å²) in [4.78, 5) is 14.4. The maximum atomic E-state index is 13.1. The van der Waals surface area contributed by atoms with Gasteiger partial charge in [0, 0.05) is 23.7 Å². The van der Waals surface area contributed by atoms with Crippen LogP contribution < -0.4 is 0 Å². The Labute approximate surface area is 115 Å². The predicted octanol–water partition coefficient (Wildman–Crippen LogP) is 3.15. The summed E-state index contributed by atoms with van der Waals surface area (Å²) >= 11 is 5.86. The summed E-state index contributed by atoms with van der Waals surface area (Å²) < 4.78 is 40.3. The van der Waals surface area contributed by atoms with Crippen LogP contribution in [-0.4, -0.2) is 25.8 Å². The molecule has 1 saturated carbocycles. The van der Waals surface area contributed by atoms with E-state index in [1.807, 2.05) is 0 Å². The van der Waals surface area contributed by atoms with Crippen molar-refractivity contribution in [3.05, 3.63) is 35.3 Å². The lowest BCUT2D eigenvalue weighted by atomic mass is 10.1. The average molecular weight is 305 g/mol. The SMILES string of the molecule is O=C(O)c1cn2cc(C3CC3Cl)cc(C(F)(F)F)c2n1. The highest BCUT2D eigenvalue weighted by molar-refractivity contribution is 6.23. The molecule has 2 aromatic heterocycles. The number of pyridine rings is 1. The lowest BCUT2D eigenvalue weighted by Crippen LogP contribution is -2.09. The van der Waals surface area contributed by atoms with Gasteiger partial charge in [0.25, 0.3) is 0 Å². The van der Waals surface area contributed by atoms with Crippen molar-refractivity contribution in [1.82, 2.24) is 9.38 Å². The molecule has 1 aliphatic rings. The first-order chi connectivity index (χ1) is 9.27. The Kier molecular flexibility index (Phi) is 2.72. The molecular formula is C12H8ClF3N2O2. The first kappa shape index (κ1) is 13.2. The molecule has 3 rings (SSSR count). The molecule has 0 saturated heterocycles. The Balaban J connectivity index is 2.23.